The molecule has 0 heterocycles. The van der Waals surface area contributed by atoms with Gasteiger partial charge in [-0.2, -0.15) is 0 Å². The zero-order chi connectivity index (χ0) is 20.4. The van der Waals surface area contributed by atoms with E-state index in [1.165, 1.54) is 0 Å². The summed E-state index contributed by atoms with van der Waals surface area (Å²) in [5, 5.41) is 13.5. The zero-order valence-corrected chi connectivity index (χ0v) is 16.5. The van der Waals surface area contributed by atoms with E-state index in [9.17, 15) is 9.90 Å². The summed E-state index contributed by atoms with van der Waals surface area (Å²) in [4.78, 5) is 12.1. The minimum atomic E-state index is -1.05. The Balaban J connectivity index is 1.77. The smallest absolute Gasteiger partial charge is 0.248 e. The first kappa shape index (κ1) is 21.6. The zero-order valence-electron chi connectivity index (χ0n) is 15.8. The van der Waals surface area contributed by atoms with Gasteiger partial charge >= 0.3 is 0 Å². The highest BCUT2D eigenvalue weighted by Crippen LogP contribution is 2.28. The Bertz CT molecular complexity index is 814. The second kappa shape index (κ2) is 11.2. The van der Waals surface area contributed by atoms with Crippen molar-refractivity contribution in [2.24, 2.45) is 0 Å². The van der Waals surface area contributed by atoms with Crippen LogP contribution in [0.4, 0.5) is 0 Å². The number of halogens is 1. The molecule has 0 saturated heterocycles. The molecule has 0 fully saturated rings. The molecule has 6 heteroatoms. The SMILES string of the molecule is C#CCOc1ccc(CCNC(=O)[C@H](O)CCc2ccc(Cl)cc2)cc1OC. The lowest BCUT2D eigenvalue weighted by Crippen LogP contribution is -2.36. The second-order valence-electron chi connectivity index (χ2n) is 6.20. The van der Waals surface area contributed by atoms with Crippen LogP contribution in [0, 0.1) is 12.3 Å². The molecule has 1 amide bonds. The summed E-state index contributed by atoms with van der Waals surface area (Å²) in [6.45, 7) is 0.574. The number of methoxy groups -OCH3 is 1. The number of aryl methyl sites for hydroxylation is 1. The van der Waals surface area contributed by atoms with E-state index >= 15 is 0 Å². The van der Waals surface area contributed by atoms with Gasteiger partial charge in [0, 0.05) is 11.6 Å². The van der Waals surface area contributed by atoms with Gasteiger partial charge in [-0.3, -0.25) is 4.79 Å². The summed E-state index contributed by atoms with van der Waals surface area (Å²) in [6.07, 6.45) is 5.69. The third-order valence-electron chi connectivity index (χ3n) is 4.17. The normalized spacial score (nSPS) is 11.4. The number of hydrogen-bond donors (Lipinski definition) is 2. The molecule has 148 valence electrons. The molecule has 0 bridgehead atoms. The number of nitrogens with one attached hydrogen (secondary N) is 1. The second-order valence-corrected chi connectivity index (χ2v) is 6.64. The third-order valence-corrected chi connectivity index (χ3v) is 4.43. The minimum absolute atomic E-state index is 0.166. The molecule has 2 N–H and O–H groups in total. The lowest BCUT2D eigenvalue weighted by atomic mass is 10.1. The van der Waals surface area contributed by atoms with E-state index in [1.807, 2.05) is 24.3 Å². The molecule has 0 unspecified atom stereocenters. The van der Waals surface area contributed by atoms with E-state index in [0.717, 1.165) is 11.1 Å². The van der Waals surface area contributed by atoms with Gasteiger partial charge in [0.25, 0.3) is 0 Å². The van der Waals surface area contributed by atoms with Crippen LogP contribution < -0.4 is 14.8 Å². The minimum Gasteiger partial charge on any atom is -0.493 e. The van der Waals surface area contributed by atoms with Crippen LogP contribution in [0.2, 0.25) is 5.02 Å². The Kier molecular flexibility index (Phi) is 8.67. The van der Waals surface area contributed by atoms with Gasteiger partial charge in [0.15, 0.2) is 11.5 Å². The molecule has 28 heavy (non-hydrogen) atoms. The molecular weight excluding hydrogens is 378 g/mol. The average Bonchev–Trinajstić information content (AvgIpc) is 2.71. The Morgan fingerprint density at radius 1 is 1.18 bits per heavy atom. The van der Waals surface area contributed by atoms with Crippen molar-refractivity contribution in [3.8, 4) is 23.8 Å². The molecule has 0 aromatic heterocycles. The molecule has 0 aliphatic carbocycles. The van der Waals surface area contributed by atoms with Crippen LogP contribution >= 0.6 is 11.6 Å². The first-order valence-electron chi connectivity index (χ1n) is 8.97. The standard InChI is InChI=1S/C22H24ClNO4/c1-3-14-28-20-11-7-17(15-21(20)27-2)12-13-24-22(26)19(25)10-6-16-4-8-18(23)9-5-16/h1,4-5,7-9,11,15,19,25H,6,10,12-14H2,2H3,(H,24,26)/t19-/m1/s1. The van der Waals surface area contributed by atoms with E-state index in [2.05, 4.69) is 11.2 Å². The Morgan fingerprint density at radius 2 is 1.89 bits per heavy atom. The van der Waals surface area contributed by atoms with Crippen LogP contribution in [0.1, 0.15) is 17.5 Å². The van der Waals surface area contributed by atoms with Crippen molar-refractivity contribution in [2.45, 2.75) is 25.4 Å². The van der Waals surface area contributed by atoms with Crippen molar-refractivity contribution in [3.63, 3.8) is 0 Å². The van der Waals surface area contributed by atoms with Gasteiger partial charge in [-0.15, -0.1) is 6.42 Å². The highest BCUT2D eigenvalue weighted by atomic mass is 35.5. The molecule has 0 radical (unpaired) electrons. The number of rotatable bonds is 10. The predicted octanol–water partition coefficient (Wildman–Crippen LogP) is 3.01. The quantitative estimate of drug-likeness (QED) is 0.600. The summed E-state index contributed by atoms with van der Waals surface area (Å²) < 4.78 is 10.7. The monoisotopic (exact) mass is 401 g/mol. The average molecular weight is 402 g/mol. The number of terminal acetylenes is 1. The van der Waals surface area contributed by atoms with Crippen molar-refractivity contribution < 1.29 is 19.4 Å². The molecule has 2 aromatic rings. The fourth-order valence-electron chi connectivity index (χ4n) is 2.64. The van der Waals surface area contributed by atoms with E-state index in [-0.39, 0.29) is 12.5 Å². The number of aliphatic hydroxyl groups is 1. The maximum absolute atomic E-state index is 12.1. The van der Waals surface area contributed by atoms with E-state index in [0.29, 0.717) is 42.3 Å². The van der Waals surface area contributed by atoms with Crippen LogP contribution in [0.15, 0.2) is 42.5 Å². The molecule has 5 nitrogen and oxygen atoms in total. The number of amides is 1. The van der Waals surface area contributed by atoms with Gasteiger partial charge in [0.05, 0.1) is 7.11 Å². The van der Waals surface area contributed by atoms with Gasteiger partial charge in [-0.25, -0.2) is 0 Å². The van der Waals surface area contributed by atoms with Crippen molar-refractivity contribution in [2.75, 3.05) is 20.3 Å². The number of carbonyl (C=O) groups is 1. The summed E-state index contributed by atoms with van der Waals surface area (Å²) in [7, 11) is 1.56. The molecule has 0 saturated carbocycles. The highest BCUT2D eigenvalue weighted by molar-refractivity contribution is 6.30. The summed E-state index contributed by atoms with van der Waals surface area (Å²) >= 11 is 5.85. The van der Waals surface area contributed by atoms with Crippen LogP contribution in [-0.2, 0) is 17.6 Å². The largest absolute Gasteiger partial charge is 0.493 e. The van der Waals surface area contributed by atoms with E-state index < -0.39 is 6.10 Å². The highest BCUT2D eigenvalue weighted by Gasteiger charge is 2.14. The van der Waals surface area contributed by atoms with Crippen molar-refractivity contribution in [1.29, 1.82) is 0 Å². The summed E-state index contributed by atoms with van der Waals surface area (Å²) in [5.74, 6) is 3.19. The maximum Gasteiger partial charge on any atom is 0.248 e. The van der Waals surface area contributed by atoms with Gasteiger partial charge in [0.1, 0.15) is 12.7 Å². The molecular formula is C22H24ClNO4. The molecule has 0 spiro atoms. The molecule has 2 aromatic carbocycles. The maximum atomic E-state index is 12.1. The predicted molar refractivity (Wildman–Crippen MR) is 110 cm³/mol. The Hall–Kier alpha value is -2.68. The number of ether oxygens (including phenoxy) is 2. The van der Waals surface area contributed by atoms with Crippen LogP contribution in [0.5, 0.6) is 11.5 Å². The first-order valence-corrected chi connectivity index (χ1v) is 9.34. The van der Waals surface area contributed by atoms with E-state index in [4.69, 9.17) is 27.5 Å². The first-order chi connectivity index (χ1) is 13.5. The fourth-order valence-corrected chi connectivity index (χ4v) is 2.77. The van der Waals surface area contributed by atoms with Crippen LogP contribution in [0.25, 0.3) is 0 Å². The Labute approximate surface area is 170 Å². The van der Waals surface area contributed by atoms with Crippen LogP contribution in [-0.4, -0.2) is 37.4 Å². The molecule has 1 atom stereocenters. The van der Waals surface area contributed by atoms with Gasteiger partial charge < -0.3 is 19.9 Å². The van der Waals surface area contributed by atoms with Gasteiger partial charge in [0.2, 0.25) is 5.91 Å². The van der Waals surface area contributed by atoms with E-state index in [1.54, 1.807) is 25.3 Å². The van der Waals surface area contributed by atoms with Gasteiger partial charge in [-0.1, -0.05) is 35.7 Å². The number of aliphatic hydroxyl groups excluding tert-OH is 1. The van der Waals surface area contributed by atoms with Gasteiger partial charge in [-0.05, 0) is 54.7 Å². The molecule has 0 aliphatic rings. The molecule has 0 aliphatic heterocycles. The summed E-state index contributed by atoms with van der Waals surface area (Å²) in [6, 6.07) is 12.9. The fraction of sp³-hybridized carbons (Fsp3) is 0.318. The lowest BCUT2D eigenvalue weighted by Gasteiger charge is -2.13. The topological polar surface area (TPSA) is 67.8 Å². The summed E-state index contributed by atoms with van der Waals surface area (Å²) in [5.41, 5.74) is 2.00. The third kappa shape index (κ3) is 6.80. The number of benzene rings is 2. The Morgan fingerprint density at radius 3 is 2.57 bits per heavy atom. The van der Waals surface area contributed by atoms with Crippen molar-refractivity contribution in [3.05, 3.63) is 58.6 Å². The number of carbonyl (C=O) groups excluding carboxylic acids is 1. The lowest BCUT2D eigenvalue weighted by molar-refractivity contribution is -0.129. The van der Waals surface area contributed by atoms with Crippen molar-refractivity contribution >= 4 is 17.5 Å². The van der Waals surface area contributed by atoms with Crippen molar-refractivity contribution in [1.82, 2.24) is 5.32 Å². The number of hydrogen-bond acceptors (Lipinski definition) is 4. The van der Waals surface area contributed by atoms with Crippen LogP contribution in [0.3, 0.4) is 0 Å². The molecule has 2 rings (SSSR count).